The standard InChI is InChI=1S/C25H21N3O3S2/c1-4-14-28-22-16-17(2)15-18(3)23(22)32-25(28)26-24(29)19-10-12-20(13-11-19)27-33(30,31)21-8-6-5-7-9-21/h1,5-13,15-16,27H,14H2,2-3H3. The molecule has 0 atom stereocenters. The van der Waals surface area contributed by atoms with Crippen LogP contribution in [0, 0.1) is 26.2 Å². The van der Waals surface area contributed by atoms with Crippen LogP contribution in [0.25, 0.3) is 10.2 Å². The molecule has 1 heterocycles. The third-order valence-electron chi connectivity index (χ3n) is 5.00. The number of nitrogens with zero attached hydrogens (tertiary/aromatic N) is 2. The number of aryl methyl sites for hydroxylation is 2. The highest BCUT2D eigenvalue weighted by Gasteiger charge is 2.14. The fraction of sp³-hybridized carbons (Fsp3) is 0.120. The van der Waals surface area contributed by atoms with Gasteiger partial charge in [0, 0.05) is 11.3 Å². The third-order valence-corrected chi connectivity index (χ3v) is 7.63. The van der Waals surface area contributed by atoms with E-state index in [1.807, 2.05) is 24.5 Å². The van der Waals surface area contributed by atoms with Crippen molar-refractivity contribution in [1.82, 2.24) is 4.57 Å². The summed E-state index contributed by atoms with van der Waals surface area (Å²) in [5.74, 6) is 2.20. The second-order valence-electron chi connectivity index (χ2n) is 7.52. The van der Waals surface area contributed by atoms with Crippen molar-refractivity contribution in [2.45, 2.75) is 25.3 Å². The number of aromatic nitrogens is 1. The monoisotopic (exact) mass is 475 g/mol. The Labute approximate surface area is 196 Å². The molecule has 1 aromatic heterocycles. The number of thiazole rings is 1. The van der Waals surface area contributed by atoms with Crippen LogP contribution >= 0.6 is 11.3 Å². The van der Waals surface area contributed by atoms with Crippen LogP contribution in [0.15, 0.2) is 76.6 Å². The molecule has 6 nitrogen and oxygen atoms in total. The molecule has 166 valence electrons. The molecule has 3 aromatic carbocycles. The second kappa shape index (κ2) is 9.06. The molecular weight excluding hydrogens is 454 g/mol. The molecule has 1 amide bonds. The SMILES string of the molecule is C#CCn1c(=NC(=O)c2ccc(NS(=O)(=O)c3ccccc3)cc2)sc2c(C)cc(C)cc21. The molecule has 0 fully saturated rings. The van der Waals surface area contributed by atoms with Gasteiger partial charge in [-0.3, -0.25) is 9.52 Å². The van der Waals surface area contributed by atoms with Crippen LogP contribution in [0.4, 0.5) is 5.69 Å². The zero-order chi connectivity index (χ0) is 23.6. The molecule has 0 unspecified atom stereocenters. The molecule has 0 saturated carbocycles. The highest BCUT2D eigenvalue weighted by atomic mass is 32.2. The summed E-state index contributed by atoms with van der Waals surface area (Å²) in [4.78, 5) is 17.9. The first-order valence-corrected chi connectivity index (χ1v) is 12.4. The summed E-state index contributed by atoms with van der Waals surface area (Å²) in [5, 5.41) is 0. The number of benzene rings is 3. The van der Waals surface area contributed by atoms with Crippen LogP contribution in [0.3, 0.4) is 0 Å². The zero-order valence-corrected chi connectivity index (χ0v) is 19.7. The molecule has 0 bridgehead atoms. The van der Waals surface area contributed by atoms with Gasteiger partial charge in [-0.2, -0.15) is 4.99 Å². The summed E-state index contributed by atoms with van der Waals surface area (Å²) in [6, 6.07) is 18.4. The summed E-state index contributed by atoms with van der Waals surface area (Å²) in [6.45, 7) is 4.34. The quantitative estimate of drug-likeness (QED) is 0.432. The molecule has 0 aliphatic heterocycles. The molecule has 1 N–H and O–H groups in total. The van der Waals surface area contributed by atoms with Crippen molar-refractivity contribution < 1.29 is 13.2 Å². The van der Waals surface area contributed by atoms with Crippen molar-refractivity contribution in [3.63, 3.8) is 0 Å². The molecule has 4 aromatic rings. The second-order valence-corrected chi connectivity index (χ2v) is 10.2. The molecule has 33 heavy (non-hydrogen) atoms. The number of hydrogen-bond donors (Lipinski definition) is 1. The van der Waals surface area contributed by atoms with E-state index in [1.165, 1.54) is 35.6 Å². The smallest absolute Gasteiger partial charge is 0.279 e. The lowest BCUT2D eigenvalue weighted by Gasteiger charge is -2.08. The van der Waals surface area contributed by atoms with Crippen molar-refractivity contribution in [2.75, 3.05) is 4.72 Å². The first-order chi connectivity index (χ1) is 15.8. The Morgan fingerprint density at radius 1 is 1.09 bits per heavy atom. The van der Waals surface area contributed by atoms with Crippen LogP contribution in [0.2, 0.25) is 0 Å². The van der Waals surface area contributed by atoms with Gasteiger partial charge in [0.1, 0.15) is 0 Å². The number of anilines is 1. The number of terminal acetylenes is 1. The Morgan fingerprint density at radius 2 is 1.79 bits per heavy atom. The zero-order valence-electron chi connectivity index (χ0n) is 18.1. The number of carbonyl (C=O) groups is 1. The Balaban J connectivity index is 1.64. The van der Waals surface area contributed by atoms with E-state index in [2.05, 4.69) is 21.7 Å². The fourth-order valence-corrected chi connectivity index (χ4v) is 5.65. The molecule has 0 spiro atoms. The Kier molecular flexibility index (Phi) is 6.18. The Bertz CT molecular complexity index is 1560. The van der Waals surface area contributed by atoms with Gasteiger partial charge >= 0.3 is 0 Å². The number of hydrogen-bond acceptors (Lipinski definition) is 4. The van der Waals surface area contributed by atoms with E-state index in [9.17, 15) is 13.2 Å². The minimum absolute atomic E-state index is 0.161. The van der Waals surface area contributed by atoms with Crippen LogP contribution in [0.5, 0.6) is 0 Å². The average Bonchev–Trinajstić information content (AvgIpc) is 3.12. The van der Waals surface area contributed by atoms with E-state index < -0.39 is 15.9 Å². The molecule has 0 saturated heterocycles. The topological polar surface area (TPSA) is 80.5 Å². The fourth-order valence-electron chi connectivity index (χ4n) is 3.49. The van der Waals surface area contributed by atoms with Gasteiger partial charge in [0.25, 0.3) is 15.9 Å². The van der Waals surface area contributed by atoms with E-state index >= 15 is 0 Å². The maximum Gasteiger partial charge on any atom is 0.279 e. The first kappa shape index (κ1) is 22.5. The Hall–Kier alpha value is -3.67. The van der Waals surface area contributed by atoms with E-state index in [0.717, 1.165) is 21.3 Å². The van der Waals surface area contributed by atoms with E-state index in [4.69, 9.17) is 6.42 Å². The largest absolute Gasteiger partial charge is 0.305 e. The van der Waals surface area contributed by atoms with Crippen LogP contribution in [-0.4, -0.2) is 18.9 Å². The van der Waals surface area contributed by atoms with Gasteiger partial charge in [-0.05, 0) is 67.4 Å². The van der Waals surface area contributed by atoms with Crippen LogP contribution in [0.1, 0.15) is 21.5 Å². The van der Waals surface area contributed by atoms with E-state index in [1.54, 1.807) is 30.3 Å². The number of nitrogens with one attached hydrogen (secondary N) is 1. The number of rotatable bonds is 5. The number of fused-ring (bicyclic) bond motifs is 1. The summed E-state index contributed by atoms with van der Waals surface area (Å²) in [7, 11) is -3.71. The summed E-state index contributed by atoms with van der Waals surface area (Å²) < 4.78 is 30.4. The van der Waals surface area contributed by atoms with Crippen molar-refractivity contribution in [3.05, 3.63) is 88.2 Å². The van der Waals surface area contributed by atoms with Gasteiger partial charge in [-0.15, -0.1) is 6.42 Å². The lowest BCUT2D eigenvalue weighted by atomic mass is 10.1. The summed E-state index contributed by atoms with van der Waals surface area (Å²) >= 11 is 1.42. The van der Waals surface area contributed by atoms with Crippen LogP contribution in [-0.2, 0) is 16.6 Å². The predicted molar refractivity (Wildman–Crippen MR) is 132 cm³/mol. The third kappa shape index (κ3) is 4.75. The van der Waals surface area contributed by atoms with Gasteiger partial charge in [-0.1, -0.05) is 41.5 Å². The van der Waals surface area contributed by atoms with Crippen molar-refractivity contribution in [1.29, 1.82) is 0 Å². The predicted octanol–water partition coefficient (Wildman–Crippen LogP) is 4.49. The van der Waals surface area contributed by atoms with Crippen molar-refractivity contribution >= 4 is 43.2 Å². The molecule has 4 rings (SSSR count). The molecule has 0 aliphatic rings. The van der Waals surface area contributed by atoms with E-state index in [-0.39, 0.29) is 4.90 Å². The molecule has 0 aliphatic carbocycles. The molecular formula is C25H21N3O3S2. The van der Waals surface area contributed by atoms with Gasteiger partial charge in [-0.25, -0.2) is 8.42 Å². The number of amides is 1. The van der Waals surface area contributed by atoms with Crippen molar-refractivity contribution in [2.24, 2.45) is 4.99 Å². The maximum absolute atomic E-state index is 12.9. The average molecular weight is 476 g/mol. The number of sulfonamides is 1. The number of carbonyl (C=O) groups excluding carboxylic acids is 1. The minimum atomic E-state index is -3.71. The summed E-state index contributed by atoms with van der Waals surface area (Å²) in [5.41, 5.74) is 3.86. The minimum Gasteiger partial charge on any atom is -0.305 e. The van der Waals surface area contributed by atoms with Crippen molar-refractivity contribution in [3.8, 4) is 12.3 Å². The highest BCUT2D eigenvalue weighted by Crippen LogP contribution is 2.23. The van der Waals surface area contributed by atoms with Gasteiger partial charge in [0.2, 0.25) is 0 Å². The lowest BCUT2D eigenvalue weighted by Crippen LogP contribution is -2.16. The van der Waals surface area contributed by atoms with Crippen LogP contribution < -0.4 is 9.52 Å². The lowest BCUT2D eigenvalue weighted by molar-refractivity contribution is 0.0998. The molecule has 8 heteroatoms. The summed E-state index contributed by atoms with van der Waals surface area (Å²) in [6.07, 6.45) is 5.56. The van der Waals surface area contributed by atoms with Gasteiger partial charge in [0.05, 0.1) is 21.7 Å². The van der Waals surface area contributed by atoms with Gasteiger partial charge < -0.3 is 4.57 Å². The van der Waals surface area contributed by atoms with Gasteiger partial charge in [0.15, 0.2) is 4.80 Å². The maximum atomic E-state index is 12.9. The van der Waals surface area contributed by atoms with E-state index in [0.29, 0.717) is 22.6 Å². The Morgan fingerprint density at radius 3 is 2.45 bits per heavy atom. The molecule has 0 radical (unpaired) electrons. The highest BCUT2D eigenvalue weighted by molar-refractivity contribution is 7.92. The normalized spacial score (nSPS) is 12.0. The first-order valence-electron chi connectivity index (χ1n) is 10.1.